The van der Waals surface area contributed by atoms with Crippen LogP contribution in [0.4, 0.5) is 0 Å². The third-order valence-corrected chi connectivity index (χ3v) is 0. The van der Waals surface area contributed by atoms with Crippen LogP contribution >= 0.6 is 0 Å². The van der Waals surface area contributed by atoms with E-state index in [0.29, 0.717) is 0 Å². The molecule has 4 heavy (non-hydrogen) atoms. The van der Waals surface area contributed by atoms with Crippen LogP contribution in [0, 0.1) is 0 Å². The van der Waals surface area contributed by atoms with Crippen molar-refractivity contribution in [2.45, 2.75) is 0 Å². The van der Waals surface area contributed by atoms with Crippen molar-refractivity contribution in [1.29, 1.82) is 0 Å². The minimum atomic E-state index is 0. The van der Waals surface area contributed by atoms with Crippen LogP contribution in [0.25, 0.3) is 0 Å². The van der Waals surface area contributed by atoms with Gasteiger partial charge in [-0.2, -0.15) is 0 Å². The Morgan fingerprint density at radius 3 is 1.00 bits per heavy atom. The summed E-state index contributed by atoms with van der Waals surface area (Å²) in [6, 6.07) is 0. The maximum absolute atomic E-state index is 0. The first kappa shape index (κ1) is 34.2. The maximum Gasteiger partial charge on any atom is 0 e. The Kier molecular flexibility index (Phi) is 161. The van der Waals surface area contributed by atoms with Crippen molar-refractivity contribution in [1.82, 2.24) is 0 Å². The molecule has 0 rings (SSSR count). The van der Waals surface area contributed by atoms with E-state index in [2.05, 4.69) is 0 Å². The van der Waals surface area contributed by atoms with Crippen LogP contribution in [0.3, 0.4) is 0 Å². The maximum atomic E-state index is 0. The van der Waals surface area contributed by atoms with Gasteiger partial charge in [-0.3, -0.25) is 0 Å². The fraction of sp³-hybridized carbons (Fsp3) is 0. The number of hydrogen-bond acceptors (Lipinski definition) is 0. The second-order valence-electron chi connectivity index (χ2n) is 0. The molecule has 0 bridgehead atoms. The van der Waals surface area contributed by atoms with E-state index >= 15 is 0 Å². The van der Waals surface area contributed by atoms with Crippen LogP contribution in [0.5, 0.6) is 0 Å². The zero-order chi connectivity index (χ0) is 0. The first-order chi connectivity index (χ1) is 0. The summed E-state index contributed by atoms with van der Waals surface area (Å²) in [5, 5.41) is 0. The van der Waals surface area contributed by atoms with Gasteiger partial charge < -0.3 is 0 Å². The molecule has 0 saturated carbocycles. The summed E-state index contributed by atoms with van der Waals surface area (Å²) in [5.41, 5.74) is 0. The second-order valence-corrected chi connectivity index (χ2v) is 0. The topological polar surface area (TPSA) is 0 Å². The molecule has 0 aliphatic rings. The Bertz CT molecular complexity index is 8.00. The first-order valence-corrected chi connectivity index (χ1v) is 0. The molecule has 0 aromatic carbocycles. The van der Waals surface area contributed by atoms with Gasteiger partial charge in [0.1, 0.15) is 0 Å². The predicted molar refractivity (Wildman–Crippen MR) is 9.94 cm³/mol. The molecule has 0 fully saturated rings. The van der Waals surface area contributed by atoms with Crippen molar-refractivity contribution in [3.63, 3.8) is 0 Å². The van der Waals surface area contributed by atoms with Gasteiger partial charge in [0.05, 0.1) is 0 Å². The number of rotatable bonds is 0. The Balaban J connectivity index is 0. The summed E-state index contributed by atoms with van der Waals surface area (Å²) in [4.78, 5) is 0. The molecule has 1 atom stereocenters. The normalized spacial score (nSPS) is 0. The Morgan fingerprint density at radius 1 is 1.00 bits per heavy atom. The molecule has 27 valence electrons. The van der Waals surface area contributed by atoms with Crippen LogP contribution in [0.15, 0.2) is 0 Å². The predicted octanol–water partition coefficient (Wildman–Crippen LogP) is -1.19. The molecule has 1 unspecified atom stereocenters. The zero-order valence-electron chi connectivity index (χ0n) is 2.12. The summed E-state index contributed by atoms with van der Waals surface area (Å²) in [6.07, 6.45) is 0. The number of hydrogen-bond donors (Lipinski definition) is 0. The third-order valence-electron chi connectivity index (χ3n) is 0. The molecule has 4 heteroatoms. The van der Waals surface area contributed by atoms with Gasteiger partial charge in [-0.05, 0) is 0 Å². The monoisotopic (exact) mass is 257 g/mol. The van der Waals surface area contributed by atoms with E-state index in [1.807, 2.05) is 0 Å². The zero-order valence-corrected chi connectivity index (χ0v) is 10.3. The van der Waals surface area contributed by atoms with Crippen molar-refractivity contribution in [3.8, 4) is 0 Å². The van der Waals surface area contributed by atoms with Crippen molar-refractivity contribution in [2.75, 3.05) is 0 Å². The standard InChI is InChI=1S/AsH3.Cr.Cu.Zn/h1H3;;;. The Labute approximate surface area is 71.2 Å². The van der Waals surface area contributed by atoms with Crippen LogP contribution < -0.4 is 0 Å². The molecule has 0 heterocycles. The van der Waals surface area contributed by atoms with Crippen LogP contribution in [-0.4, -0.2) is 18.0 Å². The van der Waals surface area contributed by atoms with Gasteiger partial charge in [-0.15, -0.1) is 0 Å². The summed E-state index contributed by atoms with van der Waals surface area (Å²) in [7, 11) is 0. The van der Waals surface area contributed by atoms with Crippen LogP contribution in [-0.2, 0) is 53.9 Å². The average molecular weight is 259 g/mol. The van der Waals surface area contributed by atoms with Crippen molar-refractivity contribution >= 4 is 18.0 Å². The van der Waals surface area contributed by atoms with Gasteiger partial charge in [-0.25, -0.2) is 0 Å². The molecule has 0 aliphatic heterocycles. The molecule has 0 amide bonds. The largest absolute Gasteiger partial charge is 0 e. The van der Waals surface area contributed by atoms with Crippen molar-refractivity contribution < 1.29 is 53.9 Å². The SMILES string of the molecule is [AsH3].[Cr].[Cu].[Zn]. The van der Waals surface area contributed by atoms with E-state index in [1.54, 1.807) is 0 Å². The van der Waals surface area contributed by atoms with E-state index in [4.69, 9.17) is 0 Å². The van der Waals surface area contributed by atoms with E-state index in [0.717, 1.165) is 0 Å². The van der Waals surface area contributed by atoms with Gasteiger partial charge >= 0.3 is 18.0 Å². The molecule has 0 aliphatic carbocycles. The van der Waals surface area contributed by atoms with E-state index in [9.17, 15) is 0 Å². The molecular formula is H3AsCrCuZn. The summed E-state index contributed by atoms with van der Waals surface area (Å²) >= 11 is 0. The molecule has 1 radical (unpaired) electrons. The smallest absolute Gasteiger partial charge is 0 e. The summed E-state index contributed by atoms with van der Waals surface area (Å²) < 4.78 is 0. The van der Waals surface area contributed by atoms with Crippen LogP contribution in [0.1, 0.15) is 0 Å². The Morgan fingerprint density at radius 2 is 1.00 bits per heavy atom. The fourth-order valence-corrected chi connectivity index (χ4v) is 0. The third kappa shape index (κ3) is 8.87. The first-order valence-electron chi connectivity index (χ1n) is 0. The Hall–Kier alpha value is 2.23. The van der Waals surface area contributed by atoms with E-state index < -0.39 is 0 Å². The van der Waals surface area contributed by atoms with Gasteiger partial charge in [0.15, 0.2) is 0 Å². The minimum Gasteiger partial charge on any atom is 0 e. The molecule has 0 saturated heterocycles. The molecule has 0 N–H and O–H groups in total. The molecule has 0 aromatic rings. The minimum absolute atomic E-state index is 0. The summed E-state index contributed by atoms with van der Waals surface area (Å²) in [5.74, 6) is 0. The molecule has 0 nitrogen and oxygen atoms in total. The van der Waals surface area contributed by atoms with Gasteiger partial charge in [0, 0.05) is 53.9 Å². The van der Waals surface area contributed by atoms with Crippen LogP contribution in [0.2, 0.25) is 0 Å². The van der Waals surface area contributed by atoms with Gasteiger partial charge in [0.2, 0.25) is 0 Å². The average Bonchev–Trinajstić information content (AvgIpc) is 0. The van der Waals surface area contributed by atoms with Crippen molar-refractivity contribution in [3.05, 3.63) is 0 Å². The summed E-state index contributed by atoms with van der Waals surface area (Å²) in [6.45, 7) is 0. The molecule has 0 spiro atoms. The molecular weight excluding hydrogens is 256 g/mol. The van der Waals surface area contributed by atoms with E-state index in [-0.39, 0.29) is 71.9 Å². The quantitative estimate of drug-likeness (QED) is 0.480. The van der Waals surface area contributed by atoms with E-state index in [1.165, 1.54) is 0 Å². The molecule has 0 aromatic heterocycles. The van der Waals surface area contributed by atoms with Gasteiger partial charge in [-0.1, -0.05) is 0 Å². The fourth-order valence-electron chi connectivity index (χ4n) is 0. The van der Waals surface area contributed by atoms with Gasteiger partial charge in [0.25, 0.3) is 0 Å². The van der Waals surface area contributed by atoms with Crippen molar-refractivity contribution in [2.24, 2.45) is 0 Å². The second kappa shape index (κ2) is 18.8.